The van der Waals surface area contributed by atoms with Gasteiger partial charge < -0.3 is 20.3 Å². The second-order valence-electron chi connectivity index (χ2n) is 6.40. The van der Waals surface area contributed by atoms with Gasteiger partial charge >= 0.3 is 0 Å². The number of hydrogen-bond acceptors (Lipinski definition) is 3. The molecule has 0 saturated heterocycles. The maximum absolute atomic E-state index is 11.8. The van der Waals surface area contributed by atoms with Gasteiger partial charge in [-0.15, -0.1) is 0 Å². The number of nitrogens with zero attached hydrogens (tertiary/aromatic N) is 2. The first-order valence-electron chi connectivity index (χ1n) is 8.75. The average Bonchev–Trinajstić information content (AvgIpc) is 2.59. The molecule has 1 unspecified atom stereocenters. The number of methoxy groups -OCH3 is 1. The van der Waals surface area contributed by atoms with E-state index < -0.39 is 0 Å². The number of ether oxygens (including phenoxy) is 1. The Balaban J connectivity index is 2.70. The number of rotatable bonds is 8. The summed E-state index contributed by atoms with van der Waals surface area (Å²) in [5, 5.41) is 6.64. The lowest BCUT2D eigenvalue weighted by molar-refractivity contribution is -0.127. The van der Waals surface area contributed by atoms with Gasteiger partial charge in [0.2, 0.25) is 5.91 Å². The first kappa shape index (κ1) is 20.8. The number of nitrogens with one attached hydrogen (secondary N) is 2. The first-order valence-corrected chi connectivity index (χ1v) is 8.75. The Hall–Kier alpha value is -2.24. The first-order chi connectivity index (χ1) is 11.9. The molecule has 1 aromatic carbocycles. The summed E-state index contributed by atoms with van der Waals surface area (Å²) in [4.78, 5) is 17.7. The lowest BCUT2D eigenvalue weighted by Gasteiger charge is -2.18. The van der Waals surface area contributed by atoms with E-state index in [1.54, 1.807) is 26.1 Å². The van der Waals surface area contributed by atoms with Crippen molar-refractivity contribution < 1.29 is 9.53 Å². The van der Waals surface area contributed by atoms with Gasteiger partial charge in [-0.2, -0.15) is 0 Å². The second-order valence-corrected chi connectivity index (χ2v) is 6.40. The van der Waals surface area contributed by atoms with Gasteiger partial charge in [0, 0.05) is 26.7 Å². The van der Waals surface area contributed by atoms with Crippen LogP contribution in [0.2, 0.25) is 0 Å². The number of carbonyl (C=O) groups excluding carboxylic acids is 1. The maximum atomic E-state index is 11.8. The van der Waals surface area contributed by atoms with Crippen LogP contribution in [-0.2, 0) is 11.2 Å². The van der Waals surface area contributed by atoms with Crippen LogP contribution in [0, 0.1) is 6.92 Å². The summed E-state index contributed by atoms with van der Waals surface area (Å²) in [5.41, 5.74) is 2.36. The predicted octanol–water partition coefficient (Wildman–Crippen LogP) is 1.97. The van der Waals surface area contributed by atoms with Gasteiger partial charge in [-0.1, -0.05) is 24.6 Å². The molecule has 0 saturated carbocycles. The maximum Gasteiger partial charge on any atom is 0.243 e. The van der Waals surface area contributed by atoms with Crippen LogP contribution < -0.4 is 15.4 Å². The van der Waals surface area contributed by atoms with Crippen LogP contribution in [0.25, 0.3) is 0 Å². The smallest absolute Gasteiger partial charge is 0.243 e. The molecule has 6 heteroatoms. The third kappa shape index (κ3) is 7.45. The molecule has 140 valence electrons. The van der Waals surface area contributed by atoms with Crippen LogP contribution in [0.4, 0.5) is 0 Å². The molecule has 0 heterocycles. The molecule has 1 atom stereocenters. The third-order valence-electron chi connectivity index (χ3n) is 3.99. The van der Waals surface area contributed by atoms with Gasteiger partial charge in [-0.05, 0) is 38.3 Å². The fourth-order valence-electron chi connectivity index (χ4n) is 2.19. The van der Waals surface area contributed by atoms with Crippen LogP contribution in [0.3, 0.4) is 0 Å². The number of likely N-dealkylation sites (N-methyl/N-ethyl adjacent to an activating group) is 1. The van der Waals surface area contributed by atoms with E-state index in [4.69, 9.17) is 4.74 Å². The van der Waals surface area contributed by atoms with Crippen molar-refractivity contribution in [3.05, 3.63) is 29.3 Å². The molecule has 0 bridgehead atoms. The molecule has 0 fully saturated rings. The van der Waals surface area contributed by atoms with E-state index in [1.807, 2.05) is 12.1 Å². The van der Waals surface area contributed by atoms with Gasteiger partial charge in [-0.25, -0.2) is 4.99 Å². The average molecular weight is 348 g/mol. The molecule has 1 amide bonds. The van der Waals surface area contributed by atoms with Gasteiger partial charge in [0.15, 0.2) is 5.96 Å². The van der Waals surface area contributed by atoms with Gasteiger partial charge in [0.1, 0.15) is 12.3 Å². The molecule has 0 aliphatic carbocycles. The number of amides is 1. The van der Waals surface area contributed by atoms with E-state index in [1.165, 1.54) is 5.56 Å². The van der Waals surface area contributed by atoms with E-state index in [2.05, 4.69) is 42.5 Å². The number of benzene rings is 1. The van der Waals surface area contributed by atoms with Crippen LogP contribution in [0.1, 0.15) is 31.4 Å². The lowest BCUT2D eigenvalue weighted by atomic mass is 10.1. The summed E-state index contributed by atoms with van der Waals surface area (Å²) in [6.07, 6.45) is 1.79. The fourth-order valence-corrected chi connectivity index (χ4v) is 2.19. The summed E-state index contributed by atoms with van der Waals surface area (Å²) in [7, 11) is 5.15. The molecule has 6 nitrogen and oxygen atoms in total. The zero-order chi connectivity index (χ0) is 18.8. The Morgan fingerprint density at radius 3 is 2.68 bits per heavy atom. The second kappa shape index (κ2) is 10.6. The summed E-state index contributed by atoms with van der Waals surface area (Å²) in [6.45, 7) is 7.11. The highest BCUT2D eigenvalue weighted by Gasteiger charge is 2.08. The summed E-state index contributed by atoms with van der Waals surface area (Å²) in [6, 6.07) is 6.45. The van der Waals surface area contributed by atoms with Crippen molar-refractivity contribution >= 4 is 11.9 Å². The topological polar surface area (TPSA) is 66.0 Å². The predicted molar refractivity (Wildman–Crippen MR) is 103 cm³/mol. The normalized spacial score (nSPS) is 12.5. The Bertz CT molecular complexity index is 585. The Kier molecular flexibility index (Phi) is 8.81. The van der Waals surface area contributed by atoms with Crippen molar-refractivity contribution in [2.75, 3.05) is 34.3 Å². The van der Waals surface area contributed by atoms with E-state index in [0.29, 0.717) is 12.5 Å². The number of guanidine groups is 1. The van der Waals surface area contributed by atoms with Crippen molar-refractivity contribution in [1.29, 1.82) is 0 Å². The van der Waals surface area contributed by atoms with E-state index in [9.17, 15) is 4.79 Å². The van der Waals surface area contributed by atoms with E-state index in [-0.39, 0.29) is 18.5 Å². The molecule has 1 rings (SSSR count). The number of aryl methyl sites for hydroxylation is 1. The molecule has 1 aromatic rings. The molecule has 0 aliphatic heterocycles. The highest BCUT2D eigenvalue weighted by Crippen LogP contribution is 2.19. The number of aliphatic imine (C=N–C) groups is 1. The van der Waals surface area contributed by atoms with Crippen molar-refractivity contribution in [2.24, 2.45) is 4.99 Å². The summed E-state index contributed by atoms with van der Waals surface area (Å²) < 4.78 is 5.42. The van der Waals surface area contributed by atoms with Crippen LogP contribution >= 0.6 is 0 Å². The SMILES string of the molecule is CCC(C)NC(=NCC(=O)N(C)C)NCCc1cc(C)ccc1OC. The van der Waals surface area contributed by atoms with Gasteiger partial charge in [-0.3, -0.25) is 4.79 Å². The van der Waals surface area contributed by atoms with Gasteiger partial charge in [0.25, 0.3) is 0 Å². The minimum Gasteiger partial charge on any atom is -0.496 e. The summed E-state index contributed by atoms with van der Waals surface area (Å²) >= 11 is 0. The molecule has 0 radical (unpaired) electrons. The largest absolute Gasteiger partial charge is 0.496 e. The van der Waals surface area contributed by atoms with Crippen LogP contribution in [-0.4, -0.2) is 57.1 Å². The molecule has 0 spiro atoms. The van der Waals surface area contributed by atoms with Crippen LogP contribution in [0.15, 0.2) is 23.2 Å². The minimum absolute atomic E-state index is 0.0226. The highest BCUT2D eigenvalue weighted by molar-refractivity contribution is 5.84. The Morgan fingerprint density at radius 2 is 2.08 bits per heavy atom. The van der Waals surface area contributed by atoms with Crippen molar-refractivity contribution in [3.8, 4) is 5.75 Å². The number of carbonyl (C=O) groups is 1. The monoisotopic (exact) mass is 348 g/mol. The molecule has 0 aliphatic rings. The molecular formula is C19H32N4O2. The van der Waals surface area contributed by atoms with Crippen molar-refractivity contribution in [2.45, 2.75) is 39.7 Å². The van der Waals surface area contributed by atoms with E-state index >= 15 is 0 Å². The van der Waals surface area contributed by atoms with Crippen molar-refractivity contribution in [3.63, 3.8) is 0 Å². The minimum atomic E-state index is -0.0226. The zero-order valence-corrected chi connectivity index (χ0v) is 16.3. The Labute approximate surface area is 151 Å². The molecule has 25 heavy (non-hydrogen) atoms. The zero-order valence-electron chi connectivity index (χ0n) is 16.3. The standard InChI is InChI=1S/C19H32N4O2/c1-7-15(3)22-19(21-13-18(24)23(4)5)20-11-10-16-12-14(2)8-9-17(16)25-6/h8-9,12,15H,7,10-11,13H2,1-6H3,(H2,20,21,22). The Morgan fingerprint density at radius 1 is 1.36 bits per heavy atom. The molecular weight excluding hydrogens is 316 g/mol. The van der Waals surface area contributed by atoms with Crippen molar-refractivity contribution in [1.82, 2.24) is 15.5 Å². The quantitative estimate of drug-likeness (QED) is 0.557. The lowest BCUT2D eigenvalue weighted by Crippen LogP contribution is -2.43. The van der Waals surface area contributed by atoms with E-state index in [0.717, 1.165) is 24.2 Å². The fraction of sp³-hybridized carbons (Fsp3) is 0.579. The number of hydrogen-bond donors (Lipinski definition) is 2. The molecule has 0 aromatic heterocycles. The van der Waals surface area contributed by atoms with Gasteiger partial charge in [0.05, 0.1) is 7.11 Å². The summed E-state index contributed by atoms with van der Waals surface area (Å²) in [5.74, 6) is 1.53. The highest BCUT2D eigenvalue weighted by atomic mass is 16.5. The van der Waals surface area contributed by atoms with Crippen LogP contribution in [0.5, 0.6) is 5.75 Å². The molecule has 2 N–H and O–H groups in total. The third-order valence-corrected chi connectivity index (χ3v) is 3.99.